The topological polar surface area (TPSA) is 82.6 Å². The van der Waals surface area contributed by atoms with Gasteiger partial charge in [0.05, 0.1) is 11.0 Å². The molecule has 0 amide bonds. The molecule has 0 aliphatic heterocycles. The molecule has 0 spiro atoms. The number of hydrogen-bond acceptors (Lipinski definition) is 5. The van der Waals surface area contributed by atoms with E-state index in [2.05, 4.69) is 0 Å². The first-order chi connectivity index (χ1) is 11.6. The number of rotatable bonds is 5. The van der Waals surface area contributed by atoms with Crippen molar-refractivity contribution >= 4 is 12.0 Å². The fourth-order valence-electron chi connectivity index (χ4n) is 2.26. The van der Waals surface area contributed by atoms with Crippen LogP contribution in [0.4, 0.5) is 5.69 Å². The van der Waals surface area contributed by atoms with Gasteiger partial charge in [-0.3, -0.25) is 14.9 Å². The van der Waals surface area contributed by atoms with E-state index in [4.69, 9.17) is 9.15 Å². The van der Waals surface area contributed by atoms with Crippen LogP contribution in [0, 0.1) is 17.0 Å². The fourth-order valence-corrected chi connectivity index (χ4v) is 2.26. The summed E-state index contributed by atoms with van der Waals surface area (Å²) < 4.78 is 11.1. The number of nitro groups is 1. The highest BCUT2D eigenvalue weighted by Crippen LogP contribution is 2.33. The van der Waals surface area contributed by atoms with Gasteiger partial charge in [-0.05, 0) is 36.8 Å². The lowest BCUT2D eigenvalue weighted by atomic mass is 10.1. The van der Waals surface area contributed by atoms with Gasteiger partial charge < -0.3 is 9.15 Å². The smallest absolute Gasteiger partial charge is 0.273 e. The Morgan fingerprint density at radius 1 is 1.12 bits per heavy atom. The van der Waals surface area contributed by atoms with E-state index in [1.165, 1.54) is 18.2 Å². The predicted molar refractivity (Wildman–Crippen MR) is 87.4 cm³/mol. The third-order valence-corrected chi connectivity index (χ3v) is 3.45. The van der Waals surface area contributed by atoms with Crippen molar-refractivity contribution in [1.29, 1.82) is 0 Å². The van der Waals surface area contributed by atoms with E-state index in [1.807, 2.05) is 25.1 Å². The van der Waals surface area contributed by atoms with Crippen LogP contribution < -0.4 is 4.74 Å². The summed E-state index contributed by atoms with van der Waals surface area (Å²) in [4.78, 5) is 21.4. The summed E-state index contributed by atoms with van der Waals surface area (Å²) in [5.74, 6) is 1.43. The Hall–Kier alpha value is -3.41. The van der Waals surface area contributed by atoms with Crippen LogP contribution in [-0.2, 0) is 0 Å². The quantitative estimate of drug-likeness (QED) is 0.384. The molecular formula is C18H13NO5. The van der Waals surface area contributed by atoms with E-state index in [0.717, 1.165) is 5.56 Å². The van der Waals surface area contributed by atoms with Gasteiger partial charge in [-0.25, -0.2) is 0 Å². The molecule has 6 heteroatoms. The Labute approximate surface area is 137 Å². The average molecular weight is 323 g/mol. The van der Waals surface area contributed by atoms with Gasteiger partial charge in [-0.2, -0.15) is 0 Å². The number of carbonyl (C=O) groups excluding carboxylic acids is 1. The number of hydrogen-bond donors (Lipinski definition) is 0. The normalized spacial score (nSPS) is 10.4. The van der Waals surface area contributed by atoms with Crippen molar-refractivity contribution in [3.8, 4) is 22.8 Å². The van der Waals surface area contributed by atoms with Gasteiger partial charge in [-0.15, -0.1) is 0 Å². The number of aldehydes is 1. The van der Waals surface area contributed by atoms with Crippen LogP contribution in [0.15, 0.2) is 59.0 Å². The lowest BCUT2D eigenvalue weighted by Gasteiger charge is -2.09. The van der Waals surface area contributed by atoms with Gasteiger partial charge in [0.2, 0.25) is 0 Å². The predicted octanol–water partition coefficient (Wildman–Crippen LogP) is 4.77. The highest BCUT2D eigenvalue weighted by Gasteiger charge is 2.15. The third-order valence-electron chi connectivity index (χ3n) is 3.45. The molecule has 0 fully saturated rings. The maximum atomic E-state index is 11.2. The number of aryl methyl sites for hydroxylation is 1. The van der Waals surface area contributed by atoms with E-state index in [0.29, 0.717) is 29.1 Å². The van der Waals surface area contributed by atoms with Crippen LogP contribution in [0.2, 0.25) is 0 Å². The SMILES string of the molecule is Cc1ccccc1Oc1cc(-c2ccc(C=O)o2)cc([N+](=O)[O-])c1. The summed E-state index contributed by atoms with van der Waals surface area (Å²) in [7, 11) is 0. The maximum absolute atomic E-state index is 11.2. The molecule has 0 atom stereocenters. The molecule has 0 saturated carbocycles. The zero-order valence-electron chi connectivity index (χ0n) is 12.8. The van der Waals surface area contributed by atoms with Crippen LogP contribution in [0.3, 0.4) is 0 Å². The van der Waals surface area contributed by atoms with Crippen molar-refractivity contribution < 1.29 is 18.9 Å². The van der Waals surface area contributed by atoms with Gasteiger partial charge in [0.25, 0.3) is 5.69 Å². The van der Waals surface area contributed by atoms with Crippen LogP contribution in [0.5, 0.6) is 11.5 Å². The molecule has 120 valence electrons. The Balaban J connectivity index is 2.04. The molecule has 3 rings (SSSR count). The number of non-ortho nitro benzene ring substituents is 1. The molecule has 0 radical (unpaired) electrons. The van der Waals surface area contributed by atoms with Gasteiger partial charge in [0.1, 0.15) is 17.3 Å². The summed E-state index contributed by atoms with van der Waals surface area (Å²) in [5, 5.41) is 11.2. The summed E-state index contributed by atoms with van der Waals surface area (Å²) in [6, 6.07) is 14.8. The first kappa shape index (κ1) is 15.5. The van der Waals surface area contributed by atoms with Crippen LogP contribution in [-0.4, -0.2) is 11.2 Å². The lowest BCUT2D eigenvalue weighted by molar-refractivity contribution is -0.384. The van der Waals surface area contributed by atoms with Crippen molar-refractivity contribution in [2.24, 2.45) is 0 Å². The van der Waals surface area contributed by atoms with Crippen molar-refractivity contribution in [2.75, 3.05) is 0 Å². The third kappa shape index (κ3) is 3.17. The molecule has 0 saturated heterocycles. The largest absolute Gasteiger partial charge is 0.457 e. The fraction of sp³-hybridized carbons (Fsp3) is 0.0556. The molecule has 1 aromatic heterocycles. The van der Waals surface area contributed by atoms with Crippen molar-refractivity contribution in [3.63, 3.8) is 0 Å². The first-order valence-electron chi connectivity index (χ1n) is 7.15. The van der Waals surface area contributed by atoms with Gasteiger partial charge in [0.15, 0.2) is 12.0 Å². The second kappa shape index (κ2) is 6.37. The van der Waals surface area contributed by atoms with E-state index in [-0.39, 0.29) is 11.4 Å². The van der Waals surface area contributed by atoms with Gasteiger partial charge in [0, 0.05) is 11.6 Å². The number of nitro benzene ring substituents is 1. The first-order valence-corrected chi connectivity index (χ1v) is 7.15. The number of furan rings is 1. The minimum atomic E-state index is -0.502. The van der Waals surface area contributed by atoms with Crippen LogP contribution in [0.1, 0.15) is 16.1 Å². The zero-order valence-corrected chi connectivity index (χ0v) is 12.8. The Kier molecular flexibility index (Phi) is 4.11. The summed E-state index contributed by atoms with van der Waals surface area (Å²) in [6.07, 6.45) is 0.575. The number of carbonyl (C=O) groups is 1. The van der Waals surface area contributed by atoms with Crippen molar-refractivity contribution in [2.45, 2.75) is 6.92 Å². The second-order valence-electron chi connectivity index (χ2n) is 5.16. The number of benzene rings is 2. The maximum Gasteiger partial charge on any atom is 0.273 e. The van der Waals surface area contributed by atoms with Gasteiger partial charge in [-0.1, -0.05) is 18.2 Å². The number of ether oxygens (including phenoxy) is 1. The zero-order chi connectivity index (χ0) is 17.1. The molecule has 1 heterocycles. The highest BCUT2D eigenvalue weighted by atomic mass is 16.6. The Bertz CT molecular complexity index is 913. The summed E-state index contributed by atoms with van der Waals surface area (Å²) >= 11 is 0. The molecule has 2 aromatic carbocycles. The van der Waals surface area contributed by atoms with E-state index >= 15 is 0 Å². The molecular weight excluding hydrogens is 310 g/mol. The standard InChI is InChI=1S/C18H13NO5/c1-12-4-2-3-5-17(12)24-16-9-13(8-14(10-16)19(21)22)18-7-6-15(11-20)23-18/h2-11H,1H3. The molecule has 24 heavy (non-hydrogen) atoms. The number of para-hydroxylation sites is 1. The van der Waals surface area contributed by atoms with Crippen molar-refractivity contribution in [1.82, 2.24) is 0 Å². The minimum absolute atomic E-state index is 0.125. The second-order valence-corrected chi connectivity index (χ2v) is 5.16. The average Bonchev–Trinajstić information content (AvgIpc) is 3.06. The molecule has 3 aromatic rings. The highest BCUT2D eigenvalue weighted by molar-refractivity contribution is 5.73. The lowest BCUT2D eigenvalue weighted by Crippen LogP contribution is -1.92. The van der Waals surface area contributed by atoms with Crippen LogP contribution >= 0.6 is 0 Å². The molecule has 0 N–H and O–H groups in total. The molecule has 6 nitrogen and oxygen atoms in total. The number of nitrogens with zero attached hydrogens (tertiary/aromatic N) is 1. The monoisotopic (exact) mass is 323 g/mol. The summed E-state index contributed by atoms with van der Waals surface area (Å²) in [5.41, 5.74) is 1.24. The van der Waals surface area contributed by atoms with Crippen LogP contribution in [0.25, 0.3) is 11.3 Å². The summed E-state index contributed by atoms with van der Waals surface area (Å²) in [6.45, 7) is 1.89. The minimum Gasteiger partial charge on any atom is -0.457 e. The van der Waals surface area contributed by atoms with E-state index < -0.39 is 4.92 Å². The van der Waals surface area contributed by atoms with E-state index in [9.17, 15) is 14.9 Å². The molecule has 0 unspecified atom stereocenters. The molecule has 0 aliphatic rings. The Morgan fingerprint density at radius 2 is 1.92 bits per heavy atom. The van der Waals surface area contributed by atoms with Gasteiger partial charge >= 0.3 is 0 Å². The van der Waals surface area contributed by atoms with E-state index in [1.54, 1.807) is 18.2 Å². The molecule has 0 aliphatic carbocycles. The molecule has 0 bridgehead atoms. The Morgan fingerprint density at radius 3 is 2.58 bits per heavy atom. The van der Waals surface area contributed by atoms with Crippen molar-refractivity contribution in [3.05, 3.63) is 76.0 Å².